The van der Waals surface area contributed by atoms with Gasteiger partial charge in [0.25, 0.3) is 0 Å². The maximum Gasteiger partial charge on any atom is 0.471 e. The second-order valence-corrected chi connectivity index (χ2v) is 8.28. The van der Waals surface area contributed by atoms with E-state index in [-0.39, 0.29) is 24.8 Å². The van der Waals surface area contributed by atoms with Gasteiger partial charge in [-0.25, -0.2) is 4.79 Å². The van der Waals surface area contributed by atoms with E-state index in [9.17, 15) is 22.8 Å². The number of carbonyl (C=O) groups excluding carboxylic acids is 2. The van der Waals surface area contributed by atoms with E-state index in [4.69, 9.17) is 9.47 Å². The molecule has 0 unspecified atom stereocenters. The normalized spacial score (nSPS) is 24.7. The Hall–Kier alpha value is -1.55. The monoisotopic (exact) mass is 409 g/mol. The van der Waals surface area contributed by atoms with Gasteiger partial charge in [-0.1, -0.05) is 0 Å². The molecule has 0 bridgehead atoms. The van der Waals surface area contributed by atoms with Crippen LogP contribution in [-0.2, 0) is 14.3 Å². The molecule has 162 valence electrons. The van der Waals surface area contributed by atoms with Gasteiger partial charge in [0.05, 0.1) is 18.8 Å². The average molecular weight is 409 g/mol. The number of hydrogen-bond acceptors (Lipinski definition) is 5. The molecule has 2 amide bonds. The Kier molecular flexibility index (Phi) is 7.55. The van der Waals surface area contributed by atoms with Crippen LogP contribution in [0.5, 0.6) is 0 Å². The molecule has 0 aromatic heterocycles. The van der Waals surface area contributed by atoms with Crippen LogP contribution in [0.3, 0.4) is 0 Å². The zero-order chi connectivity index (χ0) is 20.9. The van der Waals surface area contributed by atoms with Crippen molar-refractivity contribution in [1.82, 2.24) is 15.5 Å². The topological polar surface area (TPSA) is 79.9 Å². The summed E-state index contributed by atoms with van der Waals surface area (Å²) in [7, 11) is 0. The highest BCUT2D eigenvalue weighted by atomic mass is 19.4. The largest absolute Gasteiger partial charge is 0.471 e. The summed E-state index contributed by atoms with van der Waals surface area (Å²) in [5, 5.41) is 5.19. The lowest BCUT2D eigenvalue weighted by atomic mass is 9.98. The molecule has 2 rings (SSSR count). The molecular formula is C18H30F3N3O4. The van der Waals surface area contributed by atoms with Gasteiger partial charge < -0.3 is 25.0 Å². The summed E-state index contributed by atoms with van der Waals surface area (Å²) >= 11 is 0. The highest BCUT2D eigenvalue weighted by Crippen LogP contribution is 2.20. The van der Waals surface area contributed by atoms with Gasteiger partial charge in [0, 0.05) is 19.1 Å². The number of piperidine rings is 2. The van der Waals surface area contributed by atoms with Crippen molar-refractivity contribution in [1.29, 1.82) is 0 Å². The van der Waals surface area contributed by atoms with Gasteiger partial charge in [-0.15, -0.1) is 0 Å². The molecular weight excluding hydrogens is 379 g/mol. The van der Waals surface area contributed by atoms with Gasteiger partial charge in [0.1, 0.15) is 5.60 Å². The SMILES string of the molecule is CC(C)(C)OC(=O)N1CCC(OC[C@@H]2NCCC[C@@H]2NC(=O)C(F)(F)F)CC1. The third kappa shape index (κ3) is 7.12. The van der Waals surface area contributed by atoms with Crippen LogP contribution in [0, 0.1) is 0 Å². The minimum atomic E-state index is -4.89. The van der Waals surface area contributed by atoms with Crippen LogP contribution in [0.1, 0.15) is 46.5 Å². The Morgan fingerprint density at radius 3 is 2.36 bits per heavy atom. The molecule has 2 fully saturated rings. The average Bonchev–Trinajstić information content (AvgIpc) is 2.59. The lowest BCUT2D eigenvalue weighted by Gasteiger charge is -2.36. The third-order valence-corrected chi connectivity index (χ3v) is 4.76. The number of likely N-dealkylation sites (tertiary alicyclic amines) is 1. The van der Waals surface area contributed by atoms with Gasteiger partial charge >= 0.3 is 18.2 Å². The number of rotatable bonds is 4. The maximum atomic E-state index is 12.5. The van der Waals surface area contributed by atoms with E-state index >= 15 is 0 Å². The number of alkyl halides is 3. The molecule has 2 N–H and O–H groups in total. The first-order valence-electron chi connectivity index (χ1n) is 9.66. The molecule has 2 atom stereocenters. The second-order valence-electron chi connectivity index (χ2n) is 8.28. The highest BCUT2D eigenvalue weighted by molar-refractivity contribution is 5.82. The van der Waals surface area contributed by atoms with E-state index in [0.29, 0.717) is 45.3 Å². The van der Waals surface area contributed by atoms with E-state index in [1.165, 1.54) is 0 Å². The predicted octanol–water partition coefficient (Wildman–Crippen LogP) is 2.20. The van der Waals surface area contributed by atoms with E-state index in [1.807, 2.05) is 20.8 Å². The van der Waals surface area contributed by atoms with Crippen LogP contribution in [0.2, 0.25) is 0 Å². The highest BCUT2D eigenvalue weighted by Gasteiger charge is 2.41. The molecule has 0 aromatic carbocycles. The molecule has 2 aliphatic heterocycles. The van der Waals surface area contributed by atoms with Crippen molar-refractivity contribution in [2.75, 3.05) is 26.2 Å². The number of ether oxygens (including phenoxy) is 2. The maximum absolute atomic E-state index is 12.5. The molecule has 0 radical (unpaired) electrons. The molecule has 0 aliphatic carbocycles. The van der Waals surface area contributed by atoms with Gasteiger partial charge in [-0.3, -0.25) is 4.79 Å². The lowest BCUT2D eigenvalue weighted by molar-refractivity contribution is -0.175. The number of carbonyl (C=O) groups is 2. The van der Waals surface area contributed by atoms with Gasteiger partial charge in [-0.2, -0.15) is 13.2 Å². The Balaban J connectivity index is 1.77. The summed E-state index contributed by atoms with van der Waals surface area (Å²) in [6.07, 6.45) is -2.90. The van der Waals surface area contributed by atoms with Crippen molar-refractivity contribution in [3.05, 3.63) is 0 Å². The summed E-state index contributed by atoms with van der Waals surface area (Å²) in [5.41, 5.74) is -0.549. The van der Waals surface area contributed by atoms with Crippen LogP contribution in [0.15, 0.2) is 0 Å². The van der Waals surface area contributed by atoms with Crippen LogP contribution in [0.25, 0.3) is 0 Å². The first-order chi connectivity index (χ1) is 13.0. The van der Waals surface area contributed by atoms with Crippen LogP contribution >= 0.6 is 0 Å². The summed E-state index contributed by atoms with van der Waals surface area (Å²) in [6, 6.07) is -0.992. The Bertz CT molecular complexity index is 543. The van der Waals surface area contributed by atoms with Crippen LogP contribution in [-0.4, -0.2) is 73.1 Å². The molecule has 0 saturated carbocycles. The quantitative estimate of drug-likeness (QED) is 0.744. The fourth-order valence-electron chi connectivity index (χ4n) is 3.32. The molecule has 0 spiro atoms. The summed E-state index contributed by atoms with van der Waals surface area (Å²) in [5.74, 6) is -1.92. The minimum absolute atomic E-state index is 0.0821. The van der Waals surface area contributed by atoms with E-state index in [2.05, 4.69) is 10.6 Å². The Morgan fingerprint density at radius 1 is 1.14 bits per heavy atom. The van der Waals surface area contributed by atoms with E-state index in [0.717, 1.165) is 0 Å². The van der Waals surface area contributed by atoms with Crippen molar-refractivity contribution < 1.29 is 32.2 Å². The summed E-state index contributed by atoms with van der Waals surface area (Å²) < 4.78 is 48.7. The predicted molar refractivity (Wildman–Crippen MR) is 95.8 cm³/mol. The molecule has 2 aliphatic rings. The number of amides is 2. The standard InChI is InChI=1S/C18H30F3N3O4/c1-17(2,3)28-16(26)24-9-6-12(7-10-24)27-11-14-13(5-4-8-22-14)23-15(25)18(19,20)21/h12-14,22H,4-11H2,1-3H3,(H,23,25)/t13-,14-/m0/s1. The Labute approximate surface area is 163 Å². The first kappa shape index (κ1) is 22.7. The first-order valence-corrected chi connectivity index (χ1v) is 9.66. The number of halogens is 3. The molecule has 0 aromatic rings. The summed E-state index contributed by atoms with van der Waals surface area (Å²) in [6.45, 7) is 7.32. The minimum Gasteiger partial charge on any atom is -0.444 e. The van der Waals surface area contributed by atoms with Crippen molar-refractivity contribution in [3.8, 4) is 0 Å². The van der Waals surface area contributed by atoms with Gasteiger partial charge in [0.15, 0.2) is 0 Å². The van der Waals surface area contributed by atoms with Crippen LogP contribution < -0.4 is 10.6 Å². The zero-order valence-corrected chi connectivity index (χ0v) is 16.6. The molecule has 10 heteroatoms. The van der Waals surface area contributed by atoms with Crippen molar-refractivity contribution in [2.24, 2.45) is 0 Å². The summed E-state index contributed by atoms with van der Waals surface area (Å²) in [4.78, 5) is 24.9. The van der Waals surface area contributed by atoms with E-state index in [1.54, 1.807) is 4.90 Å². The lowest BCUT2D eigenvalue weighted by Crippen LogP contribution is -2.57. The van der Waals surface area contributed by atoms with Crippen molar-refractivity contribution >= 4 is 12.0 Å². The molecule has 2 heterocycles. The molecule has 2 saturated heterocycles. The fraction of sp³-hybridized carbons (Fsp3) is 0.889. The fourth-order valence-corrected chi connectivity index (χ4v) is 3.32. The van der Waals surface area contributed by atoms with Crippen molar-refractivity contribution in [2.45, 2.75) is 76.4 Å². The van der Waals surface area contributed by atoms with Crippen LogP contribution in [0.4, 0.5) is 18.0 Å². The smallest absolute Gasteiger partial charge is 0.444 e. The number of hydrogen-bond donors (Lipinski definition) is 2. The molecule has 28 heavy (non-hydrogen) atoms. The van der Waals surface area contributed by atoms with Gasteiger partial charge in [0.2, 0.25) is 0 Å². The molecule has 7 nitrogen and oxygen atoms in total. The second kappa shape index (κ2) is 9.30. The van der Waals surface area contributed by atoms with Crippen molar-refractivity contribution in [3.63, 3.8) is 0 Å². The number of nitrogens with zero attached hydrogens (tertiary/aromatic N) is 1. The third-order valence-electron chi connectivity index (χ3n) is 4.76. The number of nitrogens with one attached hydrogen (secondary N) is 2. The van der Waals surface area contributed by atoms with Gasteiger partial charge in [-0.05, 0) is 53.0 Å². The van der Waals surface area contributed by atoms with E-state index < -0.39 is 23.7 Å². The Morgan fingerprint density at radius 2 is 1.79 bits per heavy atom. The zero-order valence-electron chi connectivity index (χ0n) is 16.6.